The van der Waals surface area contributed by atoms with Gasteiger partial charge in [-0.2, -0.15) is 0 Å². The van der Waals surface area contributed by atoms with Crippen molar-refractivity contribution in [2.75, 3.05) is 6.54 Å². The maximum absolute atomic E-state index is 12.9. The number of aliphatic imine (C=N–C) groups is 1. The molecule has 0 heterocycles. The van der Waals surface area contributed by atoms with Crippen molar-refractivity contribution < 1.29 is 4.39 Å². The van der Waals surface area contributed by atoms with Gasteiger partial charge in [0.05, 0.1) is 6.54 Å². The van der Waals surface area contributed by atoms with E-state index in [0.29, 0.717) is 11.6 Å². The molecule has 0 bridgehead atoms. The lowest BCUT2D eigenvalue weighted by Gasteiger charge is -2.14. The van der Waals surface area contributed by atoms with Gasteiger partial charge >= 0.3 is 0 Å². The van der Waals surface area contributed by atoms with E-state index in [1.54, 1.807) is 6.07 Å². The zero-order chi connectivity index (χ0) is 11.8. The first-order valence-electron chi connectivity index (χ1n) is 5.04. The highest BCUT2D eigenvalue weighted by Crippen LogP contribution is 2.50. The molecule has 6 heteroatoms. The molecule has 0 saturated heterocycles. The third-order valence-corrected chi connectivity index (χ3v) is 3.23. The van der Waals surface area contributed by atoms with E-state index in [2.05, 4.69) is 4.99 Å². The normalized spacial score (nSPS) is 15.9. The minimum Gasteiger partial charge on any atom is -0.370 e. The van der Waals surface area contributed by atoms with Crippen molar-refractivity contribution in [2.24, 2.45) is 16.5 Å². The molecule has 4 N–H and O–H groups in total. The average Bonchev–Trinajstić information content (AvgIpc) is 2.96. The highest BCUT2D eigenvalue weighted by Gasteiger charge is 2.45. The number of guanidine groups is 1. The van der Waals surface area contributed by atoms with Crippen LogP contribution < -0.4 is 11.5 Å². The monoisotopic (exact) mass is 369 g/mol. The predicted molar refractivity (Wildman–Crippen MR) is 78.4 cm³/mol. The van der Waals surface area contributed by atoms with Crippen LogP contribution in [0.3, 0.4) is 0 Å². The molecule has 0 unspecified atom stereocenters. The van der Waals surface area contributed by atoms with Gasteiger partial charge in [-0.25, -0.2) is 4.39 Å². The van der Waals surface area contributed by atoms with Gasteiger partial charge in [0.1, 0.15) is 5.82 Å². The van der Waals surface area contributed by atoms with Gasteiger partial charge in [-0.05, 0) is 30.5 Å². The predicted octanol–water partition coefficient (Wildman–Crippen LogP) is 2.40. The lowest BCUT2D eigenvalue weighted by molar-refractivity contribution is 0.623. The standard InChI is InChI=1S/C11H13ClFN3.HI/c12-9-5-7(13)1-2-8(9)11(3-4-11)6-16-10(14)15;/h1-2,5H,3-4,6H2,(H4,14,15,16);1H. The summed E-state index contributed by atoms with van der Waals surface area (Å²) in [5.41, 5.74) is 11.4. The van der Waals surface area contributed by atoms with Gasteiger partial charge in [-0.1, -0.05) is 17.7 Å². The van der Waals surface area contributed by atoms with Gasteiger partial charge in [0, 0.05) is 10.4 Å². The second-order valence-corrected chi connectivity index (χ2v) is 4.55. The van der Waals surface area contributed by atoms with Crippen LogP contribution in [0.2, 0.25) is 5.02 Å². The summed E-state index contributed by atoms with van der Waals surface area (Å²) in [6.45, 7) is 0.515. The first kappa shape index (κ1) is 14.5. The summed E-state index contributed by atoms with van der Waals surface area (Å²) >= 11 is 6.02. The molecule has 0 spiro atoms. The van der Waals surface area contributed by atoms with Crippen LogP contribution in [0.5, 0.6) is 0 Å². The fourth-order valence-electron chi connectivity index (χ4n) is 1.83. The first-order chi connectivity index (χ1) is 7.53. The molecule has 2 rings (SSSR count). The average molecular weight is 370 g/mol. The minimum absolute atomic E-state index is 0. The van der Waals surface area contributed by atoms with E-state index >= 15 is 0 Å². The van der Waals surface area contributed by atoms with Crippen LogP contribution in [0.4, 0.5) is 4.39 Å². The van der Waals surface area contributed by atoms with Crippen molar-refractivity contribution in [3.8, 4) is 0 Å². The van der Waals surface area contributed by atoms with E-state index in [4.69, 9.17) is 23.1 Å². The van der Waals surface area contributed by atoms with Crippen molar-refractivity contribution in [3.63, 3.8) is 0 Å². The summed E-state index contributed by atoms with van der Waals surface area (Å²) in [4.78, 5) is 4.02. The van der Waals surface area contributed by atoms with Crippen molar-refractivity contribution >= 4 is 41.5 Å². The Morgan fingerprint density at radius 1 is 1.41 bits per heavy atom. The lowest BCUT2D eigenvalue weighted by atomic mass is 9.96. The fraction of sp³-hybridized carbons (Fsp3) is 0.364. The summed E-state index contributed by atoms with van der Waals surface area (Å²) in [6.07, 6.45) is 1.96. The molecule has 94 valence electrons. The summed E-state index contributed by atoms with van der Waals surface area (Å²) < 4.78 is 12.9. The number of nitrogens with zero attached hydrogens (tertiary/aromatic N) is 1. The van der Waals surface area contributed by atoms with Crippen molar-refractivity contribution in [1.29, 1.82) is 0 Å². The van der Waals surface area contributed by atoms with Crippen molar-refractivity contribution in [3.05, 3.63) is 34.6 Å². The van der Waals surface area contributed by atoms with Crippen LogP contribution in [0.1, 0.15) is 18.4 Å². The van der Waals surface area contributed by atoms with Gasteiger partial charge in [-0.3, -0.25) is 4.99 Å². The van der Waals surface area contributed by atoms with Gasteiger partial charge in [-0.15, -0.1) is 24.0 Å². The molecule has 1 aromatic rings. The molecule has 3 nitrogen and oxygen atoms in total. The molecule has 1 aliphatic carbocycles. The highest BCUT2D eigenvalue weighted by atomic mass is 127. The smallest absolute Gasteiger partial charge is 0.185 e. The third-order valence-electron chi connectivity index (χ3n) is 2.92. The van der Waals surface area contributed by atoms with Crippen molar-refractivity contribution in [1.82, 2.24) is 0 Å². The molecule has 0 radical (unpaired) electrons. The Morgan fingerprint density at radius 2 is 2.06 bits per heavy atom. The Bertz CT molecular complexity index is 442. The Morgan fingerprint density at radius 3 is 2.53 bits per heavy atom. The molecule has 1 saturated carbocycles. The van der Waals surface area contributed by atoms with Crippen LogP contribution in [0.15, 0.2) is 23.2 Å². The quantitative estimate of drug-likeness (QED) is 0.488. The van der Waals surface area contributed by atoms with Crippen LogP contribution in [-0.4, -0.2) is 12.5 Å². The number of benzene rings is 1. The molecule has 1 fully saturated rings. The fourth-order valence-corrected chi connectivity index (χ4v) is 2.19. The largest absolute Gasteiger partial charge is 0.370 e. The summed E-state index contributed by atoms with van der Waals surface area (Å²) in [7, 11) is 0. The van der Waals surface area contributed by atoms with E-state index in [1.165, 1.54) is 12.1 Å². The van der Waals surface area contributed by atoms with Crippen LogP contribution in [0, 0.1) is 5.82 Å². The number of nitrogens with two attached hydrogens (primary N) is 2. The third kappa shape index (κ3) is 3.22. The Balaban J connectivity index is 0.00000144. The van der Waals surface area contributed by atoms with E-state index in [1.807, 2.05) is 0 Å². The molecule has 0 atom stereocenters. The Kier molecular flexibility index (Phi) is 4.60. The number of rotatable bonds is 3. The molecular formula is C11H14ClFIN3. The lowest BCUT2D eigenvalue weighted by Crippen LogP contribution is -2.25. The highest BCUT2D eigenvalue weighted by molar-refractivity contribution is 14.0. The van der Waals surface area contributed by atoms with E-state index < -0.39 is 0 Å². The van der Waals surface area contributed by atoms with Gasteiger partial charge in [0.15, 0.2) is 5.96 Å². The summed E-state index contributed by atoms with van der Waals surface area (Å²) in [5.74, 6) is -0.254. The topological polar surface area (TPSA) is 64.4 Å². The summed E-state index contributed by atoms with van der Waals surface area (Å²) in [6, 6.07) is 4.45. The molecule has 1 aromatic carbocycles. The van der Waals surface area contributed by atoms with E-state index in [-0.39, 0.29) is 41.2 Å². The molecule has 0 aliphatic heterocycles. The second-order valence-electron chi connectivity index (χ2n) is 4.15. The number of hydrogen-bond acceptors (Lipinski definition) is 1. The molecule has 17 heavy (non-hydrogen) atoms. The second kappa shape index (κ2) is 5.39. The zero-order valence-corrected chi connectivity index (χ0v) is 12.2. The van der Waals surface area contributed by atoms with Gasteiger partial charge < -0.3 is 11.5 Å². The van der Waals surface area contributed by atoms with Crippen molar-refractivity contribution in [2.45, 2.75) is 18.3 Å². The Labute approximate surface area is 121 Å². The minimum atomic E-state index is -0.327. The number of halogens is 3. The maximum Gasteiger partial charge on any atom is 0.185 e. The molecule has 0 aromatic heterocycles. The van der Waals surface area contributed by atoms with Gasteiger partial charge in [0.2, 0.25) is 0 Å². The molecular weight excluding hydrogens is 355 g/mol. The number of hydrogen-bond donors (Lipinski definition) is 2. The van der Waals surface area contributed by atoms with Crippen LogP contribution >= 0.6 is 35.6 Å². The molecule has 0 amide bonds. The van der Waals surface area contributed by atoms with E-state index in [0.717, 1.165) is 18.4 Å². The molecule has 1 aliphatic rings. The van der Waals surface area contributed by atoms with Crippen LogP contribution in [-0.2, 0) is 5.41 Å². The zero-order valence-electron chi connectivity index (χ0n) is 9.12. The first-order valence-corrected chi connectivity index (χ1v) is 5.42. The maximum atomic E-state index is 12.9. The SMILES string of the molecule is I.NC(N)=NCC1(c2ccc(F)cc2Cl)CC1. The van der Waals surface area contributed by atoms with Gasteiger partial charge in [0.25, 0.3) is 0 Å². The van der Waals surface area contributed by atoms with E-state index in [9.17, 15) is 4.39 Å². The summed E-state index contributed by atoms with van der Waals surface area (Å²) in [5, 5.41) is 0.447. The van der Waals surface area contributed by atoms with Crippen LogP contribution in [0.25, 0.3) is 0 Å². The Hall–Kier alpha value is -0.560.